The van der Waals surface area contributed by atoms with Gasteiger partial charge in [0.05, 0.1) is 6.04 Å². The highest BCUT2D eigenvalue weighted by Crippen LogP contribution is 2.54. The SMILES string of the molecule is CC1(Cc2nc(-c3ccc(C4CN(C(=O)N5CC6(CC(n7cnc(C8(O)CC8)n7)C6)C5)C4)cc3)n[nH]2)CC1. The van der Waals surface area contributed by atoms with E-state index >= 15 is 0 Å². The third-order valence-electron chi connectivity index (χ3n) is 9.70. The van der Waals surface area contributed by atoms with Crippen LogP contribution in [0.3, 0.4) is 0 Å². The highest BCUT2D eigenvalue weighted by Gasteiger charge is 2.56. The van der Waals surface area contributed by atoms with E-state index in [2.05, 4.69) is 51.5 Å². The van der Waals surface area contributed by atoms with Gasteiger partial charge in [0, 0.05) is 49.5 Å². The van der Waals surface area contributed by atoms with Crippen molar-refractivity contribution in [2.24, 2.45) is 10.8 Å². The van der Waals surface area contributed by atoms with Crippen LogP contribution in [-0.2, 0) is 12.0 Å². The van der Waals surface area contributed by atoms with Crippen LogP contribution in [0.4, 0.5) is 4.79 Å². The lowest BCUT2D eigenvalue weighted by Crippen LogP contribution is -2.67. The summed E-state index contributed by atoms with van der Waals surface area (Å²) >= 11 is 0. The number of H-pyrrole nitrogens is 1. The Morgan fingerprint density at radius 2 is 1.82 bits per heavy atom. The van der Waals surface area contributed by atoms with E-state index in [0.717, 1.165) is 75.5 Å². The molecule has 2 amide bonds. The van der Waals surface area contributed by atoms with E-state index in [9.17, 15) is 9.90 Å². The van der Waals surface area contributed by atoms with Crippen molar-refractivity contribution in [3.05, 3.63) is 47.8 Å². The van der Waals surface area contributed by atoms with Crippen LogP contribution in [0.25, 0.3) is 11.4 Å². The normalized spacial score (nSPS) is 24.6. The minimum absolute atomic E-state index is 0.170. The van der Waals surface area contributed by atoms with Crippen LogP contribution in [0.15, 0.2) is 30.6 Å². The first-order valence-electron chi connectivity index (χ1n) is 14.0. The summed E-state index contributed by atoms with van der Waals surface area (Å²) in [6, 6.07) is 9.01. The van der Waals surface area contributed by atoms with Crippen LogP contribution >= 0.6 is 0 Å². The number of urea groups is 1. The van der Waals surface area contributed by atoms with Gasteiger partial charge in [-0.15, -0.1) is 0 Å². The van der Waals surface area contributed by atoms with Gasteiger partial charge in [0.1, 0.15) is 17.8 Å². The number of nitrogens with one attached hydrogen (secondary N) is 1. The smallest absolute Gasteiger partial charge is 0.320 e. The first kappa shape index (κ1) is 22.7. The van der Waals surface area contributed by atoms with Gasteiger partial charge in [-0.25, -0.2) is 19.4 Å². The van der Waals surface area contributed by atoms with Gasteiger partial charge in [0.25, 0.3) is 0 Å². The molecule has 8 rings (SSSR count). The Bertz CT molecular complexity index is 1380. The number of amides is 2. The first-order chi connectivity index (χ1) is 18.3. The van der Waals surface area contributed by atoms with E-state index < -0.39 is 5.60 Å². The van der Waals surface area contributed by atoms with Crippen molar-refractivity contribution in [2.75, 3.05) is 26.2 Å². The second-order valence-electron chi connectivity index (χ2n) is 13.1. The van der Waals surface area contributed by atoms with E-state index in [-0.39, 0.29) is 11.4 Å². The monoisotopic (exact) mass is 514 g/mol. The molecule has 5 aliphatic rings. The molecule has 1 aromatic carbocycles. The molecular formula is C28H34N8O2. The Labute approximate surface area is 221 Å². The molecule has 1 spiro atoms. The molecule has 4 heterocycles. The fourth-order valence-electron chi connectivity index (χ4n) is 6.54. The van der Waals surface area contributed by atoms with Crippen molar-refractivity contribution in [1.29, 1.82) is 0 Å². The van der Waals surface area contributed by atoms with Crippen LogP contribution in [0.1, 0.15) is 74.6 Å². The average Bonchev–Trinajstić information content (AvgIpc) is 3.59. The zero-order valence-corrected chi connectivity index (χ0v) is 21.8. The molecule has 2 aromatic heterocycles. The fourth-order valence-corrected chi connectivity index (χ4v) is 6.54. The number of aromatic amines is 1. The predicted molar refractivity (Wildman–Crippen MR) is 138 cm³/mol. The summed E-state index contributed by atoms with van der Waals surface area (Å²) in [4.78, 5) is 26.0. The molecular weight excluding hydrogens is 480 g/mol. The van der Waals surface area contributed by atoms with Crippen molar-refractivity contribution in [1.82, 2.24) is 39.7 Å². The van der Waals surface area contributed by atoms with Gasteiger partial charge >= 0.3 is 6.03 Å². The number of aliphatic hydroxyl groups is 1. The number of carbonyl (C=O) groups excluding carboxylic acids is 1. The fraction of sp³-hybridized carbons (Fsp3) is 0.607. The minimum atomic E-state index is -0.780. The van der Waals surface area contributed by atoms with Crippen LogP contribution in [0.5, 0.6) is 0 Å². The molecule has 2 N–H and O–H groups in total. The van der Waals surface area contributed by atoms with Gasteiger partial charge in [-0.1, -0.05) is 31.2 Å². The summed E-state index contributed by atoms with van der Waals surface area (Å²) in [5.41, 5.74) is 2.16. The quantitative estimate of drug-likeness (QED) is 0.522. The Hall–Kier alpha value is -3.27. The third kappa shape index (κ3) is 3.75. The molecule has 2 saturated heterocycles. The average molecular weight is 515 g/mol. The van der Waals surface area contributed by atoms with Gasteiger partial charge in [-0.05, 0) is 49.5 Å². The summed E-state index contributed by atoms with van der Waals surface area (Å²) in [5.74, 6) is 2.69. The maximum Gasteiger partial charge on any atom is 0.320 e. The Balaban J connectivity index is 0.810. The predicted octanol–water partition coefficient (Wildman–Crippen LogP) is 3.24. The van der Waals surface area contributed by atoms with Gasteiger partial charge in [-0.3, -0.25) is 5.10 Å². The number of aromatic nitrogens is 6. The molecule has 10 nitrogen and oxygen atoms in total. The molecule has 0 radical (unpaired) electrons. The maximum absolute atomic E-state index is 13.0. The van der Waals surface area contributed by atoms with Gasteiger partial charge in [-0.2, -0.15) is 10.2 Å². The minimum Gasteiger partial charge on any atom is -0.382 e. The second kappa shape index (κ2) is 7.65. The lowest BCUT2D eigenvalue weighted by Gasteiger charge is -2.60. The van der Waals surface area contributed by atoms with Crippen molar-refractivity contribution in [3.63, 3.8) is 0 Å². The molecule has 0 bridgehead atoms. The molecule has 10 heteroatoms. The molecule has 3 aromatic rings. The number of hydrogen-bond donors (Lipinski definition) is 2. The molecule has 198 valence electrons. The zero-order valence-electron chi connectivity index (χ0n) is 21.8. The van der Waals surface area contributed by atoms with E-state index in [0.29, 0.717) is 23.2 Å². The lowest BCUT2D eigenvalue weighted by molar-refractivity contribution is -0.0772. The molecule has 0 atom stereocenters. The Morgan fingerprint density at radius 1 is 1.08 bits per heavy atom. The Kier molecular flexibility index (Phi) is 4.57. The molecule has 38 heavy (non-hydrogen) atoms. The van der Waals surface area contributed by atoms with Crippen molar-refractivity contribution in [2.45, 2.75) is 69.4 Å². The number of nitrogens with zero attached hydrogens (tertiary/aromatic N) is 7. The van der Waals surface area contributed by atoms with E-state index in [4.69, 9.17) is 4.98 Å². The third-order valence-corrected chi connectivity index (χ3v) is 9.70. The van der Waals surface area contributed by atoms with Crippen LogP contribution in [-0.4, -0.2) is 77.1 Å². The number of hydrogen-bond acceptors (Lipinski definition) is 6. The first-order valence-corrected chi connectivity index (χ1v) is 14.0. The molecule has 5 fully saturated rings. The Morgan fingerprint density at radius 3 is 2.50 bits per heavy atom. The summed E-state index contributed by atoms with van der Waals surface area (Å²) < 4.78 is 1.92. The molecule has 3 saturated carbocycles. The maximum atomic E-state index is 13.0. The van der Waals surface area contributed by atoms with Gasteiger partial charge in [0.2, 0.25) is 0 Å². The molecule has 2 aliphatic heterocycles. The van der Waals surface area contributed by atoms with Crippen molar-refractivity contribution >= 4 is 6.03 Å². The van der Waals surface area contributed by atoms with E-state index in [1.165, 1.54) is 18.4 Å². The second-order valence-corrected chi connectivity index (χ2v) is 13.1. The van der Waals surface area contributed by atoms with Gasteiger partial charge < -0.3 is 14.9 Å². The number of benzene rings is 1. The number of carbonyl (C=O) groups is 1. The standard InChI is InChI=1S/C28H34N8O2/c1-26(6-7-26)12-22-30-23(32-31-22)19-4-2-18(3-5-19)20-13-34(14-20)25(37)35-15-27(16-35)10-21(11-27)36-17-29-24(33-36)28(38)8-9-28/h2-5,17,20-21,38H,6-16H2,1H3,(H,30,31,32). The summed E-state index contributed by atoms with van der Waals surface area (Å²) in [6.07, 6.45) is 8.84. The topological polar surface area (TPSA) is 116 Å². The van der Waals surface area contributed by atoms with E-state index in [1.807, 2.05) is 14.5 Å². The number of rotatable bonds is 6. The van der Waals surface area contributed by atoms with Crippen molar-refractivity contribution in [3.8, 4) is 11.4 Å². The van der Waals surface area contributed by atoms with Crippen molar-refractivity contribution < 1.29 is 9.90 Å². The highest BCUT2D eigenvalue weighted by atomic mass is 16.3. The molecule has 3 aliphatic carbocycles. The number of likely N-dealkylation sites (tertiary alicyclic amines) is 2. The van der Waals surface area contributed by atoms with Crippen LogP contribution in [0.2, 0.25) is 0 Å². The lowest BCUT2D eigenvalue weighted by atomic mass is 9.61. The molecule has 0 unspecified atom stereocenters. The summed E-state index contributed by atoms with van der Waals surface area (Å²) in [6.45, 7) is 5.52. The highest BCUT2D eigenvalue weighted by molar-refractivity contribution is 5.77. The van der Waals surface area contributed by atoms with Gasteiger partial charge in [0.15, 0.2) is 11.6 Å². The van der Waals surface area contributed by atoms with Crippen LogP contribution < -0.4 is 0 Å². The summed E-state index contributed by atoms with van der Waals surface area (Å²) in [5, 5.41) is 22.3. The summed E-state index contributed by atoms with van der Waals surface area (Å²) in [7, 11) is 0. The largest absolute Gasteiger partial charge is 0.382 e. The zero-order chi connectivity index (χ0) is 25.7. The van der Waals surface area contributed by atoms with E-state index in [1.54, 1.807) is 6.33 Å². The van der Waals surface area contributed by atoms with Crippen LogP contribution in [0, 0.1) is 10.8 Å².